The lowest BCUT2D eigenvalue weighted by Crippen LogP contribution is -2.45. The van der Waals surface area contributed by atoms with Crippen LogP contribution in [0.3, 0.4) is 0 Å². The van der Waals surface area contributed by atoms with E-state index in [0.29, 0.717) is 47.2 Å². The third-order valence-corrected chi connectivity index (χ3v) is 8.61. The fourth-order valence-corrected chi connectivity index (χ4v) is 6.59. The molecule has 7 nitrogen and oxygen atoms in total. The predicted molar refractivity (Wildman–Crippen MR) is 165 cm³/mol. The van der Waals surface area contributed by atoms with Crippen molar-refractivity contribution in [1.29, 1.82) is 0 Å². The van der Waals surface area contributed by atoms with Crippen LogP contribution < -0.4 is 11.5 Å². The molecule has 2 rings (SSSR count). The van der Waals surface area contributed by atoms with Gasteiger partial charge in [0.1, 0.15) is 11.6 Å². The molecule has 3 atom stereocenters. The number of nitrogen functional groups attached to an aromatic ring is 2. The molecule has 0 aliphatic carbocycles. The van der Waals surface area contributed by atoms with E-state index < -0.39 is 0 Å². The first kappa shape index (κ1) is 34.0. The van der Waals surface area contributed by atoms with Gasteiger partial charge in [-0.25, -0.2) is 9.97 Å². The summed E-state index contributed by atoms with van der Waals surface area (Å²) in [5.74, 6) is 2.07. The standard InChI is InChI=1S/C33H56N4O3/c1-31(2,3)25(14-11-21-10-13-24(19-39)36-29(21)34)28(33(7,8)9)26(32(4,5)6)15-12-22-18-23(16-17-38)30(35)37-27(22)20-40/h10,13,18,25-26,28,38-40H,11-12,14-17,19-20H2,1-9H3,(H2,34,36)(H2,35,37). The summed E-state index contributed by atoms with van der Waals surface area (Å²) in [4.78, 5) is 8.87. The minimum atomic E-state index is -0.156. The number of aromatic nitrogens is 2. The van der Waals surface area contributed by atoms with E-state index in [9.17, 15) is 15.3 Å². The van der Waals surface area contributed by atoms with Crippen molar-refractivity contribution in [3.63, 3.8) is 0 Å². The lowest BCUT2D eigenvalue weighted by atomic mass is 9.53. The van der Waals surface area contributed by atoms with Gasteiger partial charge in [-0.2, -0.15) is 0 Å². The van der Waals surface area contributed by atoms with Crippen molar-refractivity contribution in [2.45, 2.75) is 108 Å². The van der Waals surface area contributed by atoms with Crippen LogP contribution in [0.25, 0.3) is 0 Å². The summed E-state index contributed by atoms with van der Waals surface area (Å²) in [7, 11) is 0. The van der Waals surface area contributed by atoms with E-state index in [1.807, 2.05) is 18.2 Å². The Hall–Kier alpha value is -2.22. The van der Waals surface area contributed by atoms with Crippen molar-refractivity contribution >= 4 is 11.6 Å². The van der Waals surface area contributed by atoms with Gasteiger partial charge in [0.05, 0.1) is 24.6 Å². The van der Waals surface area contributed by atoms with Gasteiger partial charge in [-0.05, 0) is 88.9 Å². The van der Waals surface area contributed by atoms with Gasteiger partial charge >= 0.3 is 0 Å². The number of rotatable bonds is 12. The van der Waals surface area contributed by atoms with Crippen LogP contribution in [0.1, 0.15) is 103 Å². The number of hydrogen-bond donors (Lipinski definition) is 5. The minimum absolute atomic E-state index is 0.0104. The number of hydrogen-bond acceptors (Lipinski definition) is 7. The van der Waals surface area contributed by atoms with Gasteiger partial charge in [0.15, 0.2) is 0 Å². The molecule has 2 heterocycles. The van der Waals surface area contributed by atoms with Crippen molar-refractivity contribution in [2.75, 3.05) is 18.1 Å². The largest absolute Gasteiger partial charge is 0.396 e. The zero-order valence-corrected chi connectivity index (χ0v) is 26.5. The number of nitrogens with zero attached hydrogens (tertiary/aromatic N) is 2. The first-order valence-corrected chi connectivity index (χ1v) is 14.8. The molecular formula is C33H56N4O3. The normalized spacial score (nSPS) is 15.2. The fourth-order valence-electron chi connectivity index (χ4n) is 6.59. The molecule has 2 aromatic rings. The highest BCUT2D eigenvalue weighted by Crippen LogP contribution is 2.53. The molecule has 0 radical (unpaired) electrons. The molecule has 0 bridgehead atoms. The second kappa shape index (κ2) is 13.6. The second-order valence-electron chi connectivity index (χ2n) is 14.7. The summed E-state index contributed by atoms with van der Waals surface area (Å²) in [6, 6.07) is 5.90. The summed E-state index contributed by atoms with van der Waals surface area (Å²) in [6.07, 6.45) is 4.00. The highest BCUT2D eigenvalue weighted by atomic mass is 16.3. The molecule has 7 N–H and O–H groups in total. The monoisotopic (exact) mass is 556 g/mol. The van der Waals surface area contributed by atoms with E-state index in [4.69, 9.17) is 11.5 Å². The van der Waals surface area contributed by atoms with Crippen molar-refractivity contribution in [1.82, 2.24) is 9.97 Å². The molecule has 2 aromatic heterocycles. The Morgan fingerprint density at radius 1 is 0.650 bits per heavy atom. The Kier molecular flexibility index (Phi) is 11.6. The third-order valence-electron chi connectivity index (χ3n) is 8.61. The molecule has 0 amide bonds. The maximum atomic E-state index is 10.1. The molecule has 40 heavy (non-hydrogen) atoms. The minimum Gasteiger partial charge on any atom is -0.396 e. The summed E-state index contributed by atoms with van der Waals surface area (Å²) in [5, 5.41) is 29.0. The third kappa shape index (κ3) is 8.89. The SMILES string of the molecule is CC(C)(C)C(CCc1ccc(CO)nc1N)C(C(CCc1cc(CCO)c(N)nc1CO)C(C)(C)C)C(C)(C)C. The zero-order chi connectivity index (χ0) is 30.5. The molecule has 0 spiro atoms. The molecule has 7 heteroatoms. The van der Waals surface area contributed by atoms with Gasteiger partial charge in [0.2, 0.25) is 0 Å². The van der Waals surface area contributed by atoms with Gasteiger partial charge in [-0.15, -0.1) is 0 Å². The zero-order valence-electron chi connectivity index (χ0n) is 26.5. The summed E-state index contributed by atoms with van der Waals surface area (Å²) >= 11 is 0. The summed E-state index contributed by atoms with van der Waals surface area (Å²) < 4.78 is 0. The van der Waals surface area contributed by atoms with Crippen LogP contribution in [0.15, 0.2) is 18.2 Å². The van der Waals surface area contributed by atoms with Crippen LogP contribution in [-0.2, 0) is 32.5 Å². The number of aryl methyl sites for hydroxylation is 2. The first-order valence-electron chi connectivity index (χ1n) is 14.8. The first-order chi connectivity index (χ1) is 18.4. The maximum absolute atomic E-state index is 10.1. The number of aliphatic hydroxyl groups excluding tert-OH is 3. The molecule has 0 saturated carbocycles. The lowest BCUT2D eigenvalue weighted by Gasteiger charge is -2.52. The van der Waals surface area contributed by atoms with Crippen LogP contribution in [0, 0.1) is 34.0 Å². The Bertz CT molecular complexity index is 1100. The second-order valence-corrected chi connectivity index (χ2v) is 14.7. The van der Waals surface area contributed by atoms with Crippen molar-refractivity contribution in [3.8, 4) is 0 Å². The van der Waals surface area contributed by atoms with Crippen LogP contribution in [0.2, 0.25) is 0 Å². The molecular weight excluding hydrogens is 500 g/mol. The Morgan fingerprint density at radius 3 is 1.60 bits per heavy atom. The topological polar surface area (TPSA) is 139 Å². The predicted octanol–water partition coefficient (Wildman–Crippen LogP) is 5.71. The van der Waals surface area contributed by atoms with Crippen LogP contribution in [-0.4, -0.2) is 31.9 Å². The Balaban J connectivity index is 2.49. The molecule has 226 valence electrons. The van der Waals surface area contributed by atoms with E-state index in [1.54, 1.807) is 0 Å². The molecule has 3 unspecified atom stereocenters. The molecule has 0 aliphatic heterocycles. The summed E-state index contributed by atoms with van der Waals surface area (Å²) in [6.45, 7) is 20.9. The van der Waals surface area contributed by atoms with E-state index in [1.165, 1.54) is 0 Å². The average Bonchev–Trinajstić information content (AvgIpc) is 2.83. The highest BCUT2D eigenvalue weighted by Gasteiger charge is 2.46. The van der Waals surface area contributed by atoms with E-state index in [-0.39, 0.29) is 36.1 Å². The van der Waals surface area contributed by atoms with Crippen molar-refractivity contribution < 1.29 is 15.3 Å². The fraction of sp³-hybridized carbons (Fsp3) is 0.697. The van der Waals surface area contributed by atoms with Crippen LogP contribution in [0.4, 0.5) is 11.6 Å². The van der Waals surface area contributed by atoms with Crippen molar-refractivity contribution in [2.24, 2.45) is 34.0 Å². The lowest BCUT2D eigenvalue weighted by molar-refractivity contribution is -0.0258. The van der Waals surface area contributed by atoms with Gasteiger partial charge < -0.3 is 26.8 Å². The van der Waals surface area contributed by atoms with E-state index in [0.717, 1.165) is 42.4 Å². The van der Waals surface area contributed by atoms with Crippen LogP contribution in [0.5, 0.6) is 0 Å². The summed E-state index contributed by atoms with van der Waals surface area (Å²) in [5.41, 5.74) is 16.6. The average molecular weight is 557 g/mol. The van der Waals surface area contributed by atoms with Crippen LogP contribution >= 0.6 is 0 Å². The Labute approximate surface area is 242 Å². The Morgan fingerprint density at radius 2 is 1.18 bits per heavy atom. The number of aliphatic hydroxyl groups is 3. The highest BCUT2D eigenvalue weighted by molar-refractivity contribution is 5.44. The quantitative estimate of drug-likeness (QED) is 0.226. The van der Waals surface area contributed by atoms with E-state index in [2.05, 4.69) is 72.3 Å². The van der Waals surface area contributed by atoms with Crippen molar-refractivity contribution in [3.05, 3.63) is 46.3 Å². The number of anilines is 2. The number of nitrogens with two attached hydrogens (primary N) is 2. The molecule has 0 aliphatic rings. The molecule has 0 saturated heterocycles. The van der Waals surface area contributed by atoms with Gasteiger partial charge in [0.25, 0.3) is 0 Å². The maximum Gasteiger partial charge on any atom is 0.127 e. The van der Waals surface area contributed by atoms with Gasteiger partial charge in [-0.1, -0.05) is 74.4 Å². The van der Waals surface area contributed by atoms with Gasteiger partial charge in [-0.3, -0.25) is 0 Å². The van der Waals surface area contributed by atoms with Gasteiger partial charge in [0, 0.05) is 6.61 Å². The van der Waals surface area contributed by atoms with E-state index >= 15 is 0 Å². The number of pyridine rings is 2. The molecule has 0 aromatic carbocycles. The molecule has 0 fully saturated rings. The smallest absolute Gasteiger partial charge is 0.127 e.